The van der Waals surface area contributed by atoms with Crippen LogP contribution in [0.25, 0.3) is 0 Å². The smallest absolute Gasteiger partial charge is 0.129 e. The highest BCUT2D eigenvalue weighted by atomic mass is 79.9. The molecule has 1 saturated heterocycles. The van der Waals surface area contributed by atoms with Crippen LogP contribution >= 0.6 is 15.9 Å². The molecule has 1 aliphatic heterocycles. The second kappa shape index (κ2) is 3.76. The van der Waals surface area contributed by atoms with E-state index < -0.39 is 5.60 Å². The van der Waals surface area contributed by atoms with Crippen LogP contribution in [0.15, 0.2) is 16.7 Å². The van der Waals surface area contributed by atoms with Crippen molar-refractivity contribution in [1.82, 2.24) is 4.98 Å². The molecule has 2 rings (SSSR count). The zero-order chi connectivity index (χ0) is 11.1. The van der Waals surface area contributed by atoms with Crippen molar-refractivity contribution in [3.05, 3.63) is 22.3 Å². The third-order valence-corrected chi connectivity index (χ3v) is 3.82. The van der Waals surface area contributed by atoms with E-state index >= 15 is 0 Å². The van der Waals surface area contributed by atoms with Crippen LogP contribution in [0.2, 0.25) is 0 Å². The first-order valence-corrected chi connectivity index (χ1v) is 5.93. The molecule has 4 heteroatoms. The SMILES string of the molecule is CCC1(O)CN(c2cc(C)c(Br)cn2)C1. The summed E-state index contributed by atoms with van der Waals surface area (Å²) < 4.78 is 1.03. The van der Waals surface area contributed by atoms with Gasteiger partial charge in [0.2, 0.25) is 0 Å². The van der Waals surface area contributed by atoms with E-state index in [9.17, 15) is 5.11 Å². The third-order valence-electron chi connectivity index (χ3n) is 2.98. The fourth-order valence-electron chi connectivity index (χ4n) is 1.75. The van der Waals surface area contributed by atoms with Gasteiger partial charge in [-0.1, -0.05) is 6.92 Å². The average molecular weight is 271 g/mol. The molecule has 0 unspecified atom stereocenters. The summed E-state index contributed by atoms with van der Waals surface area (Å²) in [5.41, 5.74) is 0.676. The summed E-state index contributed by atoms with van der Waals surface area (Å²) in [6.07, 6.45) is 2.62. The molecule has 0 saturated carbocycles. The summed E-state index contributed by atoms with van der Waals surface area (Å²) in [5, 5.41) is 9.90. The molecule has 2 heterocycles. The highest BCUT2D eigenvalue weighted by Crippen LogP contribution is 2.30. The quantitative estimate of drug-likeness (QED) is 0.895. The van der Waals surface area contributed by atoms with E-state index in [4.69, 9.17) is 0 Å². The molecule has 1 aromatic heterocycles. The first-order valence-electron chi connectivity index (χ1n) is 5.13. The highest BCUT2D eigenvalue weighted by molar-refractivity contribution is 9.10. The van der Waals surface area contributed by atoms with Gasteiger partial charge in [0.1, 0.15) is 5.82 Å². The molecule has 0 aromatic carbocycles. The van der Waals surface area contributed by atoms with Crippen LogP contribution in [-0.2, 0) is 0 Å². The minimum Gasteiger partial charge on any atom is -0.386 e. The summed E-state index contributed by atoms with van der Waals surface area (Å²) in [5.74, 6) is 0.953. The summed E-state index contributed by atoms with van der Waals surface area (Å²) in [6.45, 7) is 5.44. The highest BCUT2D eigenvalue weighted by Gasteiger charge is 2.40. The number of pyridine rings is 1. The molecule has 15 heavy (non-hydrogen) atoms. The van der Waals surface area contributed by atoms with E-state index in [1.807, 2.05) is 26.1 Å². The average Bonchev–Trinajstić information content (AvgIpc) is 2.18. The molecule has 0 bridgehead atoms. The molecule has 0 amide bonds. The van der Waals surface area contributed by atoms with Crippen LogP contribution in [-0.4, -0.2) is 28.8 Å². The van der Waals surface area contributed by atoms with Gasteiger partial charge in [0.15, 0.2) is 0 Å². The van der Waals surface area contributed by atoms with Crippen molar-refractivity contribution < 1.29 is 5.11 Å². The maximum atomic E-state index is 9.90. The Hall–Kier alpha value is -0.610. The van der Waals surface area contributed by atoms with Crippen molar-refractivity contribution in [2.45, 2.75) is 25.9 Å². The number of aromatic nitrogens is 1. The summed E-state index contributed by atoms with van der Waals surface area (Å²) >= 11 is 3.42. The van der Waals surface area contributed by atoms with E-state index in [-0.39, 0.29) is 0 Å². The van der Waals surface area contributed by atoms with Gasteiger partial charge >= 0.3 is 0 Å². The molecule has 1 aliphatic rings. The van der Waals surface area contributed by atoms with Crippen molar-refractivity contribution in [3.8, 4) is 0 Å². The minimum absolute atomic E-state index is 0.497. The Bertz CT molecular complexity index is 375. The first-order chi connectivity index (χ1) is 7.04. The van der Waals surface area contributed by atoms with Crippen LogP contribution in [0.3, 0.4) is 0 Å². The molecule has 3 nitrogen and oxygen atoms in total. The van der Waals surface area contributed by atoms with E-state index in [0.717, 1.165) is 16.7 Å². The standard InChI is InChI=1S/C11H15BrN2O/c1-3-11(15)6-14(7-11)10-4-8(2)9(12)5-13-10/h4-5,15H,3,6-7H2,1-2H3. The van der Waals surface area contributed by atoms with Gasteiger partial charge < -0.3 is 10.0 Å². The summed E-state index contributed by atoms with van der Waals surface area (Å²) in [7, 11) is 0. The van der Waals surface area contributed by atoms with Crippen molar-refractivity contribution in [2.24, 2.45) is 0 Å². The molecule has 1 fully saturated rings. The fourth-order valence-corrected chi connectivity index (χ4v) is 1.96. The van der Waals surface area contributed by atoms with E-state index in [0.29, 0.717) is 13.1 Å². The van der Waals surface area contributed by atoms with E-state index in [1.165, 1.54) is 5.56 Å². The van der Waals surface area contributed by atoms with Gasteiger partial charge in [-0.15, -0.1) is 0 Å². The Morgan fingerprint density at radius 3 is 2.80 bits per heavy atom. The Balaban J connectivity index is 2.10. The number of anilines is 1. The topological polar surface area (TPSA) is 36.4 Å². The lowest BCUT2D eigenvalue weighted by atomic mass is 9.91. The number of aryl methyl sites for hydroxylation is 1. The van der Waals surface area contributed by atoms with Gasteiger partial charge in [0.05, 0.1) is 5.60 Å². The van der Waals surface area contributed by atoms with Gasteiger partial charge in [-0.2, -0.15) is 0 Å². The fraction of sp³-hybridized carbons (Fsp3) is 0.545. The molecular weight excluding hydrogens is 256 g/mol. The van der Waals surface area contributed by atoms with Gasteiger partial charge in [0, 0.05) is 23.8 Å². The number of hydrogen-bond acceptors (Lipinski definition) is 3. The lowest BCUT2D eigenvalue weighted by molar-refractivity contribution is 0.00806. The largest absolute Gasteiger partial charge is 0.386 e. The zero-order valence-electron chi connectivity index (χ0n) is 9.00. The molecular formula is C11H15BrN2O. The van der Waals surface area contributed by atoms with Crippen molar-refractivity contribution in [2.75, 3.05) is 18.0 Å². The number of halogens is 1. The van der Waals surface area contributed by atoms with Crippen molar-refractivity contribution in [1.29, 1.82) is 0 Å². The Labute approximate surface area is 98.3 Å². The number of hydrogen-bond donors (Lipinski definition) is 1. The molecule has 0 spiro atoms. The van der Waals surface area contributed by atoms with Crippen molar-refractivity contribution >= 4 is 21.7 Å². The molecule has 0 atom stereocenters. The van der Waals surface area contributed by atoms with Crippen molar-refractivity contribution in [3.63, 3.8) is 0 Å². The zero-order valence-corrected chi connectivity index (χ0v) is 10.6. The lowest BCUT2D eigenvalue weighted by Gasteiger charge is -2.46. The van der Waals surface area contributed by atoms with Gasteiger partial charge in [-0.3, -0.25) is 0 Å². The monoisotopic (exact) mass is 270 g/mol. The maximum absolute atomic E-state index is 9.90. The predicted molar refractivity (Wildman–Crippen MR) is 64.1 cm³/mol. The Morgan fingerprint density at radius 1 is 1.60 bits per heavy atom. The van der Waals surface area contributed by atoms with Crippen LogP contribution in [0.4, 0.5) is 5.82 Å². The molecule has 1 N–H and O–H groups in total. The van der Waals surface area contributed by atoms with Crippen LogP contribution in [0, 0.1) is 6.92 Å². The molecule has 1 aromatic rings. The third kappa shape index (κ3) is 2.01. The summed E-state index contributed by atoms with van der Waals surface area (Å²) in [6, 6.07) is 2.04. The van der Waals surface area contributed by atoms with Gasteiger partial charge in [-0.05, 0) is 40.9 Å². The van der Waals surface area contributed by atoms with Crippen LogP contribution in [0.1, 0.15) is 18.9 Å². The maximum Gasteiger partial charge on any atom is 0.129 e. The second-order valence-electron chi connectivity index (χ2n) is 4.23. The molecule has 0 radical (unpaired) electrons. The van der Waals surface area contributed by atoms with Crippen LogP contribution < -0.4 is 4.90 Å². The normalized spacial score (nSPS) is 18.8. The Morgan fingerprint density at radius 2 is 2.27 bits per heavy atom. The molecule has 82 valence electrons. The number of nitrogens with zero attached hydrogens (tertiary/aromatic N) is 2. The van der Waals surface area contributed by atoms with Crippen LogP contribution in [0.5, 0.6) is 0 Å². The number of aliphatic hydroxyl groups is 1. The summed E-state index contributed by atoms with van der Waals surface area (Å²) in [4.78, 5) is 6.43. The first kappa shape index (κ1) is 10.9. The molecule has 0 aliphatic carbocycles. The second-order valence-corrected chi connectivity index (χ2v) is 5.08. The lowest BCUT2D eigenvalue weighted by Crippen LogP contribution is -2.61. The van der Waals surface area contributed by atoms with Gasteiger partial charge in [0.25, 0.3) is 0 Å². The Kier molecular flexibility index (Phi) is 2.73. The van der Waals surface area contributed by atoms with E-state index in [2.05, 4.69) is 25.8 Å². The number of rotatable bonds is 2. The number of β-amino-alcohol motifs (C(OH)–C–C–N with tert-alkyl or cyclic N) is 1. The van der Waals surface area contributed by atoms with Gasteiger partial charge in [-0.25, -0.2) is 4.98 Å². The van der Waals surface area contributed by atoms with E-state index in [1.54, 1.807) is 0 Å². The predicted octanol–water partition coefficient (Wildman–Crippen LogP) is 2.11. The minimum atomic E-state index is -0.497.